The molecule has 0 N–H and O–H groups in total. The third kappa shape index (κ3) is 7.92. The van der Waals surface area contributed by atoms with Crippen LogP contribution >= 0.6 is 0 Å². The summed E-state index contributed by atoms with van der Waals surface area (Å²) in [6.45, 7) is 6.10. The molecular weight excluding hydrogens is 128 g/mol. The highest BCUT2D eigenvalue weighted by atomic mass is 16.7. The number of hydrogen-bond acceptors (Lipinski definition) is 2. The van der Waals surface area contributed by atoms with E-state index in [9.17, 15) is 0 Å². The summed E-state index contributed by atoms with van der Waals surface area (Å²) in [7, 11) is 3.31. The lowest BCUT2D eigenvalue weighted by Crippen LogP contribution is -2.11. The van der Waals surface area contributed by atoms with Crippen LogP contribution in [0.2, 0.25) is 0 Å². The predicted molar refractivity (Wildman–Crippen MR) is 44.1 cm³/mol. The quantitative estimate of drug-likeness (QED) is 0.570. The van der Waals surface area contributed by atoms with Crippen LogP contribution < -0.4 is 0 Å². The Morgan fingerprint density at radius 2 is 1.50 bits per heavy atom. The van der Waals surface area contributed by atoms with Crippen LogP contribution in [0.3, 0.4) is 0 Å². The van der Waals surface area contributed by atoms with Crippen LogP contribution in [-0.4, -0.2) is 20.5 Å². The van der Waals surface area contributed by atoms with Gasteiger partial charge in [0.15, 0.2) is 6.29 Å². The Morgan fingerprint density at radius 3 is 1.60 bits per heavy atom. The number of methoxy groups -OCH3 is 2. The van der Waals surface area contributed by atoms with Gasteiger partial charge in [0.2, 0.25) is 0 Å². The van der Waals surface area contributed by atoms with E-state index in [2.05, 4.69) is 6.92 Å². The minimum atomic E-state index is -0.000000000000000444. The molecule has 0 saturated carbocycles. The van der Waals surface area contributed by atoms with Crippen LogP contribution in [0.1, 0.15) is 33.6 Å². The predicted octanol–water partition coefficient (Wildman–Crippen LogP) is 2.43. The molecule has 0 aromatic rings. The summed E-state index contributed by atoms with van der Waals surface area (Å²) in [6.07, 6.45) is 2.08. The van der Waals surface area contributed by atoms with E-state index in [0.29, 0.717) is 0 Å². The van der Waals surface area contributed by atoms with E-state index in [0.717, 1.165) is 12.8 Å². The monoisotopic (exact) mass is 148 g/mol. The maximum atomic E-state index is 4.92. The van der Waals surface area contributed by atoms with Crippen molar-refractivity contribution in [2.75, 3.05) is 14.2 Å². The number of hydrogen-bond donors (Lipinski definition) is 0. The molecule has 10 heavy (non-hydrogen) atoms. The molecule has 0 aliphatic carbocycles. The van der Waals surface area contributed by atoms with E-state index in [1.807, 2.05) is 13.8 Å². The van der Waals surface area contributed by atoms with Gasteiger partial charge in [-0.2, -0.15) is 0 Å². The third-order valence-electron chi connectivity index (χ3n) is 1.05. The molecule has 0 aromatic heterocycles. The van der Waals surface area contributed by atoms with Crippen molar-refractivity contribution < 1.29 is 9.47 Å². The summed E-state index contributed by atoms with van der Waals surface area (Å²) in [5.41, 5.74) is 0. The zero-order valence-corrected chi connectivity index (χ0v) is 7.81. The molecule has 2 nitrogen and oxygen atoms in total. The third-order valence-corrected chi connectivity index (χ3v) is 1.05. The van der Waals surface area contributed by atoms with Gasteiger partial charge in [0.05, 0.1) is 0 Å². The van der Waals surface area contributed by atoms with Crippen molar-refractivity contribution in [3.63, 3.8) is 0 Å². The SMILES string of the molecule is CC.CCCC(OC)OC. The topological polar surface area (TPSA) is 18.5 Å². The Kier molecular flexibility index (Phi) is 14.7. The van der Waals surface area contributed by atoms with Crippen molar-refractivity contribution in [2.24, 2.45) is 0 Å². The first-order valence-electron chi connectivity index (χ1n) is 3.90. The molecule has 0 unspecified atom stereocenters. The van der Waals surface area contributed by atoms with Gasteiger partial charge in [0.25, 0.3) is 0 Å². The minimum absolute atomic E-state index is 0.000000000000000444. The van der Waals surface area contributed by atoms with Crippen molar-refractivity contribution in [2.45, 2.75) is 39.9 Å². The molecule has 2 heteroatoms. The second kappa shape index (κ2) is 11.7. The van der Waals surface area contributed by atoms with E-state index in [1.54, 1.807) is 14.2 Å². The van der Waals surface area contributed by atoms with Gasteiger partial charge in [-0.3, -0.25) is 0 Å². The first-order valence-corrected chi connectivity index (χ1v) is 3.90. The molecule has 0 atom stereocenters. The van der Waals surface area contributed by atoms with Crippen LogP contribution in [0.5, 0.6) is 0 Å². The molecule has 0 aliphatic heterocycles. The van der Waals surface area contributed by atoms with Crippen LogP contribution in [0.15, 0.2) is 0 Å². The Balaban J connectivity index is 0. The van der Waals surface area contributed by atoms with Crippen molar-refractivity contribution in [3.05, 3.63) is 0 Å². The molecule has 0 amide bonds. The lowest BCUT2D eigenvalue weighted by atomic mass is 10.3. The van der Waals surface area contributed by atoms with E-state index < -0.39 is 0 Å². The average Bonchev–Trinajstić information content (AvgIpc) is 2.04. The van der Waals surface area contributed by atoms with E-state index in [4.69, 9.17) is 9.47 Å². The Bertz CT molecular complexity index is 42.5. The van der Waals surface area contributed by atoms with Gasteiger partial charge in [-0.05, 0) is 6.42 Å². The van der Waals surface area contributed by atoms with Gasteiger partial charge in [0, 0.05) is 14.2 Å². The van der Waals surface area contributed by atoms with Crippen LogP contribution in [0.25, 0.3) is 0 Å². The minimum Gasteiger partial charge on any atom is -0.356 e. The molecule has 0 rings (SSSR count). The second-order valence-corrected chi connectivity index (χ2v) is 1.69. The highest BCUT2D eigenvalue weighted by molar-refractivity contribution is 4.38. The smallest absolute Gasteiger partial charge is 0.156 e. The summed E-state index contributed by atoms with van der Waals surface area (Å²) in [5, 5.41) is 0. The average molecular weight is 148 g/mol. The fourth-order valence-corrected chi connectivity index (χ4v) is 0.568. The summed E-state index contributed by atoms with van der Waals surface area (Å²) in [4.78, 5) is 0. The van der Waals surface area contributed by atoms with E-state index in [-0.39, 0.29) is 6.29 Å². The lowest BCUT2D eigenvalue weighted by molar-refractivity contribution is -0.106. The molecule has 0 heterocycles. The Hall–Kier alpha value is -0.0800. The van der Waals surface area contributed by atoms with E-state index >= 15 is 0 Å². The Labute approximate surface area is 64.5 Å². The summed E-state index contributed by atoms with van der Waals surface area (Å²) < 4.78 is 9.84. The van der Waals surface area contributed by atoms with Gasteiger partial charge < -0.3 is 9.47 Å². The summed E-state index contributed by atoms with van der Waals surface area (Å²) >= 11 is 0. The normalized spacial score (nSPS) is 9.00. The zero-order valence-electron chi connectivity index (χ0n) is 7.81. The summed E-state index contributed by atoms with van der Waals surface area (Å²) in [5.74, 6) is 0. The Morgan fingerprint density at radius 1 is 1.10 bits per heavy atom. The van der Waals surface area contributed by atoms with Crippen LogP contribution in [-0.2, 0) is 9.47 Å². The van der Waals surface area contributed by atoms with E-state index in [1.165, 1.54) is 0 Å². The van der Waals surface area contributed by atoms with Crippen molar-refractivity contribution in [1.29, 1.82) is 0 Å². The van der Waals surface area contributed by atoms with Gasteiger partial charge in [-0.15, -0.1) is 0 Å². The largest absolute Gasteiger partial charge is 0.356 e. The fraction of sp³-hybridized carbons (Fsp3) is 1.00. The standard InChI is InChI=1S/C6H14O2.C2H6/c1-4-5-6(7-2)8-3;1-2/h6H,4-5H2,1-3H3;1-2H3. The maximum absolute atomic E-state index is 4.92. The van der Waals surface area contributed by atoms with Gasteiger partial charge in [-0.25, -0.2) is 0 Å². The molecule has 0 aliphatic rings. The second-order valence-electron chi connectivity index (χ2n) is 1.69. The van der Waals surface area contributed by atoms with Crippen molar-refractivity contribution in [1.82, 2.24) is 0 Å². The van der Waals surface area contributed by atoms with Crippen molar-refractivity contribution in [3.8, 4) is 0 Å². The molecule has 0 fully saturated rings. The van der Waals surface area contributed by atoms with Gasteiger partial charge >= 0.3 is 0 Å². The first-order chi connectivity index (χ1) is 4.85. The van der Waals surface area contributed by atoms with Crippen LogP contribution in [0, 0.1) is 0 Å². The molecule has 0 radical (unpaired) electrons. The first kappa shape index (κ1) is 12.6. The molecule has 0 aromatic carbocycles. The number of rotatable bonds is 4. The maximum Gasteiger partial charge on any atom is 0.156 e. The molecular formula is C8H20O2. The number of ether oxygens (including phenoxy) is 2. The highest BCUT2D eigenvalue weighted by Gasteiger charge is 1.99. The highest BCUT2D eigenvalue weighted by Crippen LogP contribution is 1.99. The molecule has 0 saturated heterocycles. The molecule has 64 valence electrons. The summed E-state index contributed by atoms with van der Waals surface area (Å²) in [6, 6.07) is 0. The molecule has 0 bridgehead atoms. The van der Waals surface area contributed by atoms with Gasteiger partial charge in [-0.1, -0.05) is 27.2 Å². The lowest BCUT2D eigenvalue weighted by Gasteiger charge is -2.10. The van der Waals surface area contributed by atoms with Crippen LogP contribution in [0.4, 0.5) is 0 Å². The van der Waals surface area contributed by atoms with Gasteiger partial charge in [0.1, 0.15) is 0 Å². The van der Waals surface area contributed by atoms with Crippen molar-refractivity contribution >= 4 is 0 Å². The molecule has 0 spiro atoms. The fourth-order valence-electron chi connectivity index (χ4n) is 0.568. The zero-order chi connectivity index (χ0) is 8.41.